The quantitative estimate of drug-likeness (QED) is 0.806. The number of morpholine rings is 1. The Morgan fingerprint density at radius 3 is 2.70 bits per heavy atom. The van der Waals surface area contributed by atoms with E-state index in [2.05, 4.69) is 33.0 Å². The zero-order chi connectivity index (χ0) is 14.6. The van der Waals surface area contributed by atoms with Crippen molar-refractivity contribution < 1.29 is 13.2 Å². The summed E-state index contributed by atoms with van der Waals surface area (Å²) in [5.74, 6) is 0.257. The fourth-order valence-corrected chi connectivity index (χ4v) is 3.25. The SMILES string of the molecule is CS(=O)(=O)CCCN1CCOC(c2ccc(Br)cc2)C1. The lowest BCUT2D eigenvalue weighted by atomic mass is 10.1. The van der Waals surface area contributed by atoms with Gasteiger partial charge in [-0.15, -0.1) is 0 Å². The van der Waals surface area contributed by atoms with Gasteiger partial charge in [-0.25, -0.2) is 8.42 Å². The lowest BCUT2D eigenvalue weighted by Crippen LogP contribution is -2.39. The molecule has 0 N–H and O–H groups in total. The molecule has 1 saturated heterocycles. The van der Waals surface area contributed by atoms with Crippen LogP contribution in [0.3, 0.4) is 0 Å². The molecule has 1 fully saturated rings. The first-order valence-electron chi connectivity index (χ1n) is 6.71. The Bertz CT molecular complexity index is 530. The van der Waals surface area contributed by atoms with Gasteiger partial charge in [-0.2, -0.15) is 0 Å². The Morgan fingerprint density at radius 2 is 2.05 bits per heavy atom. The molecule has 2 rings (SSSR count). The van der Waals surface area contributed by atoms with E-state index < -0.39 is 9.84 Å². The third kappa shape index (κ3) is 5.16. The molecule has 0 radical (unpaired) electrons. The van der Waals surface area contributed by atoms with Crippen molar-refractivity contribution in [2.24, 2.45) is 0 Å². The molecule has 1 atom stereocenters. The summed E-state index contributed by atoms with van der Waals surface area (Å²) in [4.78, 5) is 2.28. The smallest absolute Gasteiger partial charge is 0.147 e. The molecule has 0 spiro atoms. The van der Waals surface area contributed by atoms with Crippen LogP contribution >= 0.6 is 15.9 Å². The van der Waals surface area contributed by atoms with Gasteiger partial charge < -0.3 is 4.74 Å². The minimum absolute atomic E-state index is 0.0788. The molecular weight excluding hydrogens is 342 g/mol. The topological polar surface area (TPSA) is 46.6 Å². The zero-order valence-electron chi connectivity index (χ0n) is 11.6. The Morgan fingerprint density at radius 1 is 1.35 bits per heavy atom. The minimum Gasteiger partial charge on any atom is -0.371 e. The Balaban J connectivity index is 1.87. The molecule has 0 amide bonds. The summed E-state index contributed by atoms with van der Waals surface area (Å²) < 4.78 is 29.1. The van der Waals surface area contributed by atoms with Crippen LogP contribution in [0, 0.1) is 0 Å². The molecule has 6 heteroatoms. The van der Waals surface area contributed by atoms with Crippen molar-refractivity contribution in [2.75, 3.05) is 38.2 Å². The van der Waals surface area contributed by atoms with E-state index in [1.54, 1.807) is 0 Å². The van der Waals surface area contributed by atoms with Gasteiger partial charge in [0.2, 0.25) is 0 Å². The van der Waals surface area contributed by atoms with Crippen molar-refractivity contribution >= 4 is 25.8 Å². The first kappa shape index (κ1) is 15.9. The van der Waals surface area contributed by atoms with Gasteiger partial charge in [-0.1, -0.05) is 28.1 Å². The maximum atomic E-state index is 11.1. The van der Waals surface area contributed by atoms with Crippen molar-refractivity contribution in [3.05, 3.63) is 34.3 Å². The van der Waals surface area contributed by atoms with Crippen LogP contribution in [0.2, 0.25) is 0 Å². The summed E-state index contributed by atoms with van der Waals surface area (Å²) in [6.45, 7) is 3.20. The Hall–Kier alpha value is -0.430. The highest BCUT2D eigenvalue weighted by atomic mass is 79.9. The molecule has 20 heavy (non-hydrogen) atoms. The van der Waals surface area contributed by atoms with Crippen LogP contribution in [-0.2, 0) is 14.6 Å². The predicted molar refractivity (Wildman–Crippen MR) is 83.6 cm³/mol. The molecule has 0 aromatic heterocycles. The first-order chi connectivity index (χ1) is 9.44. The standard InChI is InChI=1S/C14H20BrNO3S/c1-20(17,18)10-2-7-16-8-9-19-14(11-16)12-3-5-13(15)6-4-12/h3-6,14H,2,7-11H2,1H3. The summed E-state index contributed by atoms with van der Waals surface area (Å²) >= 11 is 3.43. The second kappa shape index (κ2) is 7.02. The van der Waals surface area contributed by atoms with Crippen molar-refractivity contribution in [3.63, 3.8) is 0 Å². The third-order valence-corrected chi connectivity index (χ3v) is 4.94. The molecule has 1 aliphatic rings. The van der Waals surface area contributed by atoms with Gasteiger partial charge >= 0.3 is 0 Å². The third-order valence-electron chi connectivity index (χ3n) is 3.38. The van der Waals surface area contributed by atoms with Gasteiger partial charge in [0.05, 0.1) is 18.5 Å². The van der Waals surface area contributed by atoms with E-state index in [-0.39, 0.29) is 11.9 Å². The Kier molecular flexibility index (Phi) is 5.60. The molecule has 1 unspecified atom stereocenters. The molecule has 0 bridgehead atoms. The fourth-order valence-electron chi connectivity index (χ4n) is 2.34. The Labute approximate surface area is 129 Å². The van der Waals surface area contributed by atoms with Crippen LogP contribution in [0.25, 0.3) is 0 Å². The number of hydrogen-bond donors (Lipinski definition) is 0. The van der Waals surface area contributed by atoms with Crippen LogP contribution in [0.5, 0.6) is 0 Å². The van der Waals surface area contributed by atoms with Gasteiger partial charge in [0.1, 0.15) is 9.84 Å². The first-order valence-corrected chi connectivity index (χ1v) is 9.56. The molecule has 4 nitrogen and oxygen atoms in total. The monoisotopic (exact) mass is 361 g/mol. The second-order valence-electron chi connectivity index (χ2n) is 5.20. The molecular formula is C14H20BrNO3S. The number of ether oxygens (including phenoxy) is 1. The molecule has 1 aromatic carbocycles. The van der Waals surface area contributed by atoms with Crippen LogP contribution in [0.4, 0.5) is 0 Å². The maximum absolute atomic E-state index is 11.1. The van der Waals surface area contributed by atoms with Crippen molar-refractivity contribution in [1.82, 2.24) is 4.90 Å². The van der Waals surface area contributed by atoms with E-state index in [0.717, 1.165) is 24.1 Å². The van der Waals surface area contributed by atoms with Crippen LogP contribution in [0.1, 0.15) is 18.1 Å². The summed E-state index contributed by atoms with van der Waals surface area (Å²) in [5.41, 5.74) is 1.17. The number of halogens is 1. The predicted octanol–water partition coefficient (Wildman–Crippen LogP) is 2.26. The second-order valence-corrected chi connectivity index (χ2v) is 8.37. The fraction of sp³-hybridized carbons (Fsp3) is 0.571. The highest BCUT2D eigenvalue weighted by Crippen LogP contribution is 2.23. The van der Waals surface area contributed by atoms with E-state index in [9.17, 15) is 8.42 Å². The zero-order valence-corrected chi connectivity index (χ0v) is 14.0. The molecule has 1 heterocycles. The minimum atomic E-state index is -2.86. The molecule has 1 aromatic rings. The summed E-state index contributed by atoms with van der Waals surface area (Å²) in [5, 5.41) is 0. The lowest BCUT2D eigenvalue weighted by Gasteiger charge is -2.33. The van der Waals surface area contributed by atoms with Gasteiger partial charge in [-0.05, 0) is 30.7 Å². The van der Waals surface area contributed by atoms with E-state index in [1.807, 2.05) is 12.1 Å². The summed E-state index contributed by atoms with van der Waals surface area (Å²) in [6, 6.07) is 8.16. The van der Waals surface area contributed by atoms with Crippen LogP contribution in [-0.4, -0.2) is 51.6 Å². The highest BCUT2D eigenvalue weighted by molar-refractivity contribution is 9.10. The van der Waals surface area contributed by atoms with E-state index in [0.29, 0.717) is 13.0 Å². The van der Waals surface area contributed by atoms with Gasteiger partial charge in [0.15, 0.2) is 0 Å². The molecule has 1 aliphatic heterocycles. The number of hydrogen-bond acceptors (Lipinski definition) is 4. The average molecular weight is 362 g/mol. The average Bonchev–Trinajstić information content (AvgIpc) is 2.38. The maximum Gasteiger partial charge on any atom is 0.147 e. The number of benzene rings is 1. The van der Waals surface area contributed by atoms with E-state index >= 15 is 0 Å². The van der Waals surface area contributed by atoms with Crippen LogP contribution < -0.4 is 0 Å². The molecule has 112 valence electrons. The number of rotatable bonds is 5. The highest BCUT2D eigenvalue weighted by Gasteiger charge is 2.21. The van der Waals surface area contributed by atoms with Gasteiger partial charge in [0.25, 0.3) is 0 Å². The largest absolute Gasteiger partial charge is 0.371 e. The lowest BCUT2D eigenvalue weighted by molar-refractivity contribution is -0.0297. The normalized spacial score (nSPS) is 21.0. The van der Waals surface area contributed by atoms with Crippen molar-refractivity contribution in [2.45, 2.75) is 12.5 Å². The number of sulfone groups is 1. The van der Waals surface area contributed by atoms with Gasteiger partial charge in [-0.3, -0.25) is 4.90 Å². The summed E-state index contributed by atoms with van der Waals surface area (Å²) in [6.07, 6.45) is 2.05. The van der Waals surface area contributed by atoms with E-state index in [1.165, 1.54) is 11.8 Å². The van der Waals surface area contributed by atoms with Crippen LogP contribution in [0.15, 0.2) is 28.7 Å². The van der Waals surface area contributed by atoms with E-state index in [4.69, 9.17) is 4.74 Å². The molecule has 0 aliphatic carbocycles. The summed E-state index contributed by atoms with van der Waals surface area (Å²) in [7, 11) is -2.86. The van der Waals surface area contributed by atoms with Gasteiger partial charge in [0, 0.05) is 23.8 Å². The number of nitrogens with zero attached hydrogens (tertiary/aromatic N) is 1. The molecule has 0 saturated carbocycles. The van der Waals surface area contributed by atoms with Crippen molar-refractivity contribution in [1.29, 1.82) is 0 Å². The van der Waals surface area contributed by atoms with Crippen molar-refractivity contribution in [3.8, 4) is 0 Å².